The maximum atomic E-state index is 12.8. The molecular weight excluding hydrogens is 394 g/mol. The van der Waals surface area contributed by atoms with Crippen molar-refractivity contribution in [1.82, 2.24) is 34.5 Å². The van der Waals surface area contributed by atoms with E-state index in [1.165, 1.54) is 0 Å². The van der Waals surface area contributed by atoms with Crippen LogP contribution in [0.3, 0.4) is 0 Å². The van der Waals surface area contributed by atoms with Gasteiger partial charge in [0.2, 0.25) is 0 Å². The van der Waals surface area contributed by atoms with E-state index in [9.17, 15) is 4.79 Å². The quantitative estimate of drug-likeness (QED) is 0.585. The molecule has 0 unspecified atom stereocenters. The Bertz CT molecular complexity index is 1050. The molecule has 31 heavy (non-hydrogen) atoms. The highest BCUT2D eigenvalue weighted by molar-refractivity contribution is 5.92. The molecule has 1 amide bonds. The Morgan fingerprint density at radius 3 is 2.58 bits per heavy atom. The lowest BCUT2D eigenvalue weighted by Gasteiger charge is -2.33. The molecule has 0 aliphatic carbocycles. The van der Waals surface area contributed by atoms with Crippen LogP contribution in [0.2, 0.25) is 0 Å². The maximum absolute atomic E-state index is 12.8. The molecule has 0 atom stereocenters. The highest BCUT2D eigenvalue weighted by atomic mass is 16.5. The topological polar surface area (TPSA) is 93.2 Å². The fourth-order valence-corrected chi connectivity index (χ4v) is 3.35. The summed E-state index contributed by atoms with van der Waals surface area (Å²) in [5.74, 6) is 1.67. The molecule has 0 spiro atoms. The number of rotatable bonds is 5. The van der Waals surface area contributed by atoms with Crippen LogP contribution in [0.1, 0.15) is 37.1 Å². The molecule has 162 valence electrons. The van der Waals surface area contributed by atoms with Crippen LogP contribution >= 0.6 is 0 Å². The Morgan fingerprint density at radius 2 is 1.97 bits per heavy atom. The number of pyridine rings is 1. The fraction of sp³-hybridized carbons (Fsp3) is 0.409. The summed E-state index contributed by atoms with van der Waals surface area (Å²) in [6.07, 6.45) is 6.88. The number of hydrogen-bond donors (Lipinski definition) is 0. The van der Waals surface area contributed by atoms with E-state index in [0.717, 1.165) is 25.2 Å². The zero-order valence-corrected chi connectivity index (χ0v) is 18.2. The summed E-state index contributed by atoms with van der Waals surface area (Å²) < 4.78 is 7.10. The summed E-state index contributed by atoms with van der Waals surface area (Å²) in [5.41, 5.74) is 0.961. The summed E-state index contributed by atoms with van der Waals surface area (Å²) >= 11 is 0. The first kappa shape index (κ1) is 20.9. The van der Waals surface area contributed by atoms with Crippen LogP contribution in [0.5, 0.6) is 0 Å². The number of amides is 1. The first-order valence-electron chi connectivity index (χ1n) is 10.3. The summed E-state index contributed by atoms with van der Waals surface area (Å²) in [6, 6.07) is 3.70. The zero-order chi connectivity index (χ0) is 22.0. The molecule has 9 nitrogen and oxygen atoms in total. The van der Waals surface area contributed by atoms with E-state index in [2.05, 4.69) is 31.6 Å². The van der Waals surface area contributed by atoms with Gasteiger partial charge in [-0.2, -0.15) is 4.98 Å². The van der Waals surface area contributed by atoms with Gasteiger partial charge >= 0.3 is 0 Å². The Morgan fingerprint density at radius 1 is 1.19 bits per heavy atom. The Kier molecular flexibility index (Phi) is 5.69. The summed E-state index contributed by atoms with van der Waals surface area (Å²) in [5, 5.41) is 4.05. The van der Waals surface area contributed by atoms with Crippen molar-refractivity contribution in [2.75, 3.05) is 32.7 Å². The Labute approximate surface area is 181 Å². The van der Waals surface area contributed by atoms with Gasteiger partial charge in [-0.3, -0.25) is 14.3 Å². The maximum Gasteiger partial charge on any atom is 0.274 e. The van der Waals surface area contributed by atoms with Gasteiger partial charge in [-0.05, 0) is 12.1 Å². The second kappa shape index (κ2) is 8.43. The summed E-state index contributed by atoms with van der Waals surface area (Å²) in [4.78, 5) is 30.1. The van der Waals surface area contributed by atoms with Crippen molar-refractivity contribution in [3.63, 3.8) is 0 Å². The van der Waals surface area contributed by atoms with Crippen LogP contribution in [0, 0.1) is 0 Å². The Balaban J connectivity index is 1.44. The molecule has 0 radical (unpaired) electrons. The van der Waals surface area contributed by atoms with E-state index in [4.69, 9.17) is 4.52 Å². The molecule has 0 N–H and O–H groups in total. The highest BCUT2D eigenvalue weighted by Crippen LogP contribution is 2.23. The molecule has 1 aliphatic rings. The Hall–Kier alpha value is -3.33. The van der Waals surface area contributed by atoms with Gasteiger partial charge in [-0.1, -0.05) is 32.0 Å². The van der Waals surface area contributed by atoms with Gasteiger partial charge < -0.3 is 9.42 Å². The first-order chi connectivity index (χ1) is 14.8. The standard InChI is InChI=1S/C22H27N7O2/c1-5-8-27-9-11-28(12-10-27)20(30)17-14-29(15-24-17)18-7-6-16(13-23-18)19-25-21(26-31-19)22(2,3)4/h5-7,13-15H,1,8-12H2,2-4H3. The predicted octanol–water partition coefficient (Wildman–Crippen LogP) is 2.56. The lowest BCUT2D eigenvalue weighted by molar-refractivity contribution is 0.0645. The summed E-state index contributed by atoms with van der Waals surface area (Å²) in [7, 11) is 0. The van der Waals surface area contributed by atoms with Gasteiger partial charge in [-0.15, -0.1) is 6.58 Å². The van der Waals surface area contributed by atoms with E-state index < -0.39 is 0 Å². The third-order valence-corrected chi connectivity index (χ3v) is 5.20. The minimum Gasteiger partial charge on any atom is -0.335 e. The average molecular weight is 422 g/mol. The predicted molar refractivity (Wildman–Crippen MR) is 116 cm³/mol. The van der Waals surface area contributed by atoms with Crippen molar-refractivity contribution in [1.29, 1.82) is 0 Å². The molecule has 0 aromatic carbocycles. The van der Waals surface area contributed by atoms with Crippen molar-refractivity contribution in [2.24, 2.45) is 0 Å². The van der Waals surface area contributed by atoms with Crippen LogP contribution in [0.15, 0.2) is 48.0 Å². The number of nitrogens with zero attached hydrogens (tertiary/aromatic N) is 7. The van der Waals surface area contributed by atoms with Gasteiger partial charge in [-0.25, -0.2) is 9.97 Å². The lowest BCUT2D eigenvalue weighted by Crippen LogP contribution is -2.48. The van der Waals surface area contributed by atoms with Gasteiger partial charge in [0.25, 0.3) is 11.8 Å². The third-order valence-electron chi connectivity index (χ3n) is 5.20. The van der Waals surface area contributed by atoms with Gasteiger partial charge in [0.05, 0.1) is 5.56 Å². The van der Waals surface area contributed by atoms with Crippen molar-refractivity contribution >= 4 is 5.91 Å². The fourth-order valence-electron chi connectivity index (χ4n) is 3.35. The molecule has 0 saturated carbocycles. The second-order valence-electron chi connectivity index (χ2n) is 8.63. The number of carbonyl (C=O) groups is 1. The van der Waals surface area contributed by atoms with Gasteiger partial charge in [0, 0.05) is 50.5 Å². The van der Waals surface area contributed by atoms with Gasteiger partial charge in [0.15, 0.2) is 5.82 Å². The number of piperazine rings is 1. The third kappa shape index (κ3) is 4.56. The van der Waals surface area contributed by atoms with Crippen LogP contribution in [-0.2, 0) is 5.41 Å². The lowest BCUT2D eigenvalue weighted by atomic mass is 9.96. The van der Waals surface area contributed by atoms with E-state index in [0.29, 0.717) is 36.3 Å². The summed E-state index contributed by atoms with van der Waals surface area (Å²) in [6.45, 7) is 13.8. The van der Waals surface area contributed by atoms with Crippen LogP contribution in [0.25, 0.3) is 17.3 Å². The molecule has 3 aromatic heterocycles. The normalized spacial score (nSPS) is 15.3. The second-order valence-corrected chi connectivity index (χ2v) is 8.63. The van der Waals surface area contributed by atoms with Crippen LogP contribution in [-0.4, -0.2) is 73.1 Å². The number of hydrogen-bond acceptors (Lipinski definition) is 7. The minimum absolute atomic E-state index is 0.0609. The smallest absolute Gasteiger partial charge is 0.274 e. The molecular formula is C22H27N7O2. The van der Waals surface area contributed by atoms with E-state index in [1.807, 2.05) is 43.9 Å². The van der Waals surface area contributed by atoms with Gasteiger partial charge in [0.1, 0.15) is 17.8 Å². The largest absolute Gasteiger partial charge is 0.335 e. The first-order valence-corrected chi connectivity index (χ1v) is 10.3. The zero-order valence-electron chi connectivity index (χ0n) is 18.2. The van der Waals surface area contributed by atoms with Crippen LogP contribution < -0.4 is 0 Å². The van der Waals surface area contributed by atoms with Crippen LogP contribution in [0.4, 0.5) is 0 Å². The van der Waals surface area contributed by atoms with E-state index >= 15 is 0 Å². The minimum atomic E-state index is -0.187. The molecule has 4 heterocycles. The number of carbonyl (C=O) groups excluding carboxylic acids is 1. The van der Waals surface area contributed by atoms with Crippen molar-refractivity contribution in [3.05, 3.63) is 55.0 Å². The van der Waals surface area contributed by atoms with Crippen molar-refractivity contribution < 1.29 is 9.32 Å². The molecule has 1 saturated heterocycles. The molecule has 1 fully saturated rings. The van der Waals surface area contributed by atoms with E-state index in [1.54, 1.807) is 23.3 Å². The monoisotopic (exact) mass is 421 g/mol. The SMILES string of the molecule is C=CCN1CCN(C(=O)c2cn(-c3ccc(-c4nc(C(C)(C)C)no4)cn3)cn2)CC1. The van der Waals surface area contributed by atoms with E-state index in [-0.39, 0.29) is 11.3 Å². The number of aromatic nitrogens is 5. The molecule has 1 aliphatic heterocycles. The molecule has 3 aromatic rings. The number of imidazole rings is 1. The van der Waals surface area contributed by atoms with Crippen molar-refractivity contribution in [2.45, 2.75) is 26.2 Å². The molecule has 0 bridgehead atoms. The van der Waals surface area contributed by atoms with Crippen molar-refractivity contribution in [3.8, 4) is 17.3 Å². The average Bonchev–Trinajstić information content (AvgIpc) is 3.44. The highest BCUT2D eigenvalue weighted by Gasteiger charge is 2.24. The molecule has 9 heteroatoms. The molecule has 4 rings (SSSR count).